The summed E-state index contributed by atoms with van der Waals surface area (Å²) in [6, 6.07) is -1.26. The predicted molar refractivity (Wildman–Crippen MR) is 136 cm³/mol. The number of hydrogen-bond donors (Lipinski definition) is 1. The van der Waals surface area contributed by atoms with Crippen LogP contribution in [0.4, 0.5) is 0 Å². The molecule has 1 saturated heterocycles. The van der Waals surface area contributed by atoms with Gasteiger partial charge < -0.3 is 19.9 Å². The summed E-state index contributed by atoms with van der Waals surface area (Å²) >= 11 is 0. The number of carbonyl (C=O) groups excluding carboxylic acids is 3. The Hall–Kier alpha value is -1.67. The Balaban J connectivity index is 3.13. The molecule has 34 heavy (non-hydrogen) atoms. The molecule has 1 heterocycles. The smallest absolute Gasteiger partial charge is 0.245 e. The average Bonchev–Trinajstić information content (AvgIpc) is 3.30. The molecule has 198 valence electrons. The molecule has 0 aromatic heterocycles. The van der Waals surface area contributed by atoms with Crippen LogP contribution < -0.4 is 5.32 Å². The van der Waals surface area contributed by atoms with Crippen molar-refractivity contribution in [2.45, 2.75) is 91.5 Å². The quantitative estimate of drug-likeness (QED) is 0.436. The summed E-state index contributed by atoms with van der Waals surface area (Å²) in [6.07, 6.45) is 2.76. The van der Waals surface area contributed by atoms with Crippen molar-refractivity contribution in [3.8, 4) is 0 Å². The Morgan fingerprint density at radius 1 is 0.971 bits per heavy atom. The molecule has 0 bridgehead atoms. The Morgan fingerprint density at radius 3 is 1.94 bits per heavy atom. The van der Waals surface area contributed by atoms with E-state index in [0.717, 1.165) is 32.4 Å². The van der Waals surface area contributed by atoms with Gasteiger partial charge in [-0.05, 0) is 44.7 Å². The third-order valence-corrected chi connectivity index (χ3v) is 7.23. The van der Waals surface area contributed by atoms with Gasteiger partial charge >= 0.3 is 0 Å². The van der Waals surface area contributed by atoms with Gasteiger partial charge in [-0.2, -0.15) is 0 Å². The zero-order chi connectivity index (χ0) is 26.2. The number of carbonyl (C=O) groups is 3. The van der Waals surface area contributed by atoms with Gasteiger partial charge in [0, 0.05) is 27.2 Å². The SMILES string of the molecule is CC[C@H](C)[C@@H]([C@@H](CC(=O)N1CCCC1)OC)N(C)C(=O)[C@H](NC(=O)[C@H](C(C)C)N(C)C)C(C)C. The van der Waals surface area contributed by atoms with E-state index in [2.05, 4.69) is 19.2 Å². The fourth-order valence-electron chi connectivity index (χ4n) is 5.10. The number of methoxy groups -OCH3 is 1. The maximum absolute atomic E-state index is 13.8. The molecule has 0 unspecified atom stereocenters. The lowest BCUT2D eigenvalue weighted by Crippen LogP contribution is -2.59. The molecule has 1 aliphatic heterocycles. The third-order valence-electron chi connectivity index (χ3n) is 7.23. The Labute approximate surface area is 207 Å². The zero-order valence-corrected chi connectivity index (χ0v) is 23.3. The zero-order valence-electron chi connectivity index (χ0n) is 23.3. The molecule has 0 radical (unpaired) electrons. The molecule has 1 aliphatic rings. The lowest BCUT2D eigenvalue weighted by molar-refractivity contribution is -0.146. The third kappa shape index (κ3) is 7.94. The Bertz CT molecular complexity index is 653. The molecule has 0 saturated carbocycles. The van der Waals surface area contributed by atoms with Crippen LogP contribution in [0.15, 0.2) is 0 Å². The number of hydrogen-bond acceptors (Lipinski definition) is 5. The first-order valence-corrected chi connectivity index (χ1v) is 12.9. The lowest BCUT2D eigenvalue weighted by Gasteiger charge is -2.40. The molecule has 8 heteroatoms. The molecular formula is C26H50N4O4. The van der Waals surface area contributed by atoms with E-state index in [9.17, 15) is 14.4 Å². The topological polar surface area (TPSA) is 82.2 Å². The van der Waals surface area contributed by atoms with E-state index in [1.54, 1.807) is 19.1 Å². The minimum Gasteiger partial charge on any atom is -0.379 e. The highest BCUT2D eigenvalue weighted by Crippen LogP contribution is 2.24. The first-order chi connectivity index (χ1) is 15.9. The minimum atomic E-state index is -0.656. The summed E-state index contributed by atoms with van der Waals surface area (Å²) in [5.74, 6) is -0.0627. The summed E-state index contributed by atoms with van der Waals surface area (Å²) in [6.45, 7) is 13.6. The highest BCUT2D eigenvalue weighted by molar-refractivity contribution is 5.90. The van der Waals surface area contributed by atoms with Crippen molar-refractivity contribution < 1.29 is 19.1 Å². The second kappa shape index (κ2) is 14.0. The van der Waals surface area contributed by atoms with Crippen LogP contribution in [-0.4, -0.2) is 98.0 Å². The lowest BCUT2D eigenvalue weighted by atomic mass is 9.89. The molecule has 3 amide bonds. The van der Waals surface area contributed by atoms with Gasteiger partial charge in [0.05, 0.1) is 24.6 Å². The van der Waals surface area contributed by atoms with Gasteiger partial charge in [-0.15, -0.1) is 0 Å². The van der Waals surface area contributed by atoms with E-state index in [0.29, 0.717) is 0 Å². The van der Waals surface area contributed by atoms with Crippen molar-refractivity contribution in [1.82, 2.24) is 20.0 Å². The molecule has 5 atom stereocenters. The molecule has 1 fully saturated rings. The normalized spacial score (nSPS) is 18.7. The molecule has 0 spiro atoms. The number of likely N-dealkylation sites (tertiary alicyclic amines) is 1. The second-order valence-corrected chi connectivity index (χ2v) is 10.8. The molecule has 0 aliphatic carbocycles. The van der Waals surface area contributed by atoms with Crippen LogP contribution in [0.25, 0.3) is 0 Å². The van der Waals surface area contributed by atoms with E-state index < -0.39 is 12.1 Å². The van der Waals surface area contributed by atoms with Gasteiger partial charge in [-0.1, -0.05) is 48.0 Å². The number of ether oxygens (including phenoxy) is 1. The maximum Gasteiger partial charge on any atom is 0.245 e. The van der Waals surface area contributed by atoms with Crippen LogP contribution in [0, 0.1) is 17.8 Å². The maximum atomic E-state index is 13.8. The largest absolute Gasteiger partial charge is 0.379 e. The van der Waals surface area contributed by atoms with Crippen molar-refractivity contribution in [2.24, 2.45) is 17.8 Å². The van der Waals surface area contributed by atoms with Gasteiger partial charge in [-0.25, -0.2) is 0 Å². The van der Waals surface area contributed by atoms with E-state index in [-0.39, 0.29) is 54.0 Å². The van der Waals surface area contributed by atoms with Crippen LogP contribution in [0.5, 0.6) is 0 Å². The monoisotopic (exact) mass is 482 g/mol. The van der Waals surface area contributed by atoms with Gasteiger partial charge in [0.2, 0.25) is 17.7 Å². The molecular weight excluding hydrogens is 432 g/mol. The van der Waals surface area contributed by atoms with E-state index in [1.807, 2.05) is 51.6 Å². The summed E-state index contributed by atoms with van der Waals surface area (Å²) in [4.78, 5) is 45.3. The number of nitrogens with one attached hydrogen (secondary N) is 1. The summed E-state index contributed by atoms with van der Waals surface area (Å²) in [5.41, 5.74) is 0. The summed E-state index contributed by atoms with van der Waals surface area (Å²) in [7, 11) is 7.14. The number of rotatable bonds is 13. The van der Waals surface area contributed by atoms with E-state index in [4.69, 9.17) is 4.74 Å². The van der Waals surface area contributed by atoms with Gasteiger partial charge in [0.1, 0.15) is 6.04 Å². The standard InChI is InChI=1S/C26H50N4O4/c1-11-19(6)24(20(34-10)16-21(31)30-14-12-13-15-30)29(9)26(33)22(17(2)3)27-25(32)23(18(4)5)28(7)8/h17-20,22-24H,11-16H2,1-10H3,(H,27,32)/t19-,20+,22+,23-,24-/m0/s1. The fourth-order valence-corrected chi connectivity index (χ4v) is 5.10. The summed E-state index contributed by atoms with van der Waals surface area (Å²) < 4.78 is 5.82. The van der Waals surface area contributed by atoms with Crippen LogP contribution >= 0.6 is 0 Å². The first kappa shape index (κ1) is 30.4. The average molecular weight is 483 g/mol. The van der Waals surface area contributed by atoms with Gasteiger partial charge in [0.15, 0.2) is 0 Å². The molecule has 1 N–H and O–H groups in total. The van der Waals surface area contributed by atoms with Crippen molar-refractivity contribution in [3.63, 3.8) is 0 Å². The minimum absolute atomic E-state index is 0.0815. The van der Waals surface area contributed by atoms with Crippen molar-refractivity contribution in [1.29, 1.82) is 0 Å². The molecule has 8 nitrogen and oxygen atoms in total. The molecule has 0 aromatic rings. The molecule has 1 rings (SSSR count). The first-order valence-electron chi connectivity index (χ1n) is 12.9. The molecule has 0 aromatic carbocycles. The van der Waals surface area contributed by atoms with Crippen LogP contribution in [0.3, 0.4) is 0 Å². The fraction of sp³-hybridized carbons (Fsp3) is 0.885. The predicted octanol–water partition coefficient (Wildman–Crippen LogP) is 2.61. The van der Waals surface area contributed by atoms with Crippen molar-refractivity contribution >= 4 is 17.7 Å². The number of amides is 3. The summed E-state index contributed by atoms with van der Waals surface area (Å²) in [5, 5.41) is 3.03. The van der Waals surface area contributed by atoms with Crippen molar-refractivity contribution in [2.75, 3.05) is 41.3 Å². The number of likely N-dealkylation sites (N-methyl/N-ethyl adjacent to an activating group) is 2. The second-order valence-electron chi connectivity index (χ2n) is 10.8. The highest BCUT2D eigenvalue weighted by atomic mass is 16.5. The highest BCUT2D eigenvalue weighted by Gasteiger charge is 2.39. The Kier molecular flexibility index (Phi) is 12.5. The Morgan fingerprint density at radius 2 is 1.53 bits per heavy atom. The number of nitrogens with zero attached hydrogens (tertiary/aromatic N) is 3. The van der Waals surface area contributed by atoms with Crippen LogP contribution in [0.1, 0.15) is 67.2 Å². The van der Waals surface area contributed by atoms with Gasteiger partial charge in [0.25, 0.3) is 0 Å². The van der Waals surface area contributed by atoms with Gasteiger partial charge in [-0.3, -0.25) is 19.3 Å². The van der Waals surface area contributed by atoms with E-state index >= 15 is 0 Å². The van der Waals surface area contributed by atoms with Crippen molar-refractivity contribution in [3.05, 3.63) is 0 Å². The van der Waals surface area contributed by atoms with Crippen LogP contribution in [-0.2, 0) is 19.1 Å². The van der Waals surface area contributed by atoms with E-state index in [1.165, 1.54) is 0 Å². The van der Waals surface area contributed by atoms with Crippen LogP contribution in [0.2, 0.25) is 0 Å².